The highest BCUT2D eigenvalue weighted by Crippen LogP contribution is 2.34. The van der Waals surface area contributed by atoms with E-state index in [1.807, 2.05) is 0 Å². The lowest BCUT2D eigenvalue weighted by Crippen LogP contribution is -2.25. The van der Waals surface area contributed by atoms with Gasteiger partial charge in [-0.15, -0.1) is 0 Å². The molecule has 0 fully saturated rings. The number of hydrogen-bond acceptors (Lipinski definition) is 7. The van der Waals surface area contributed by atoms with Crippen LogP contribution in [0.25, 0.3) is 0 Å². The minimum atomic E-state index is -4.06. The second kappa shape index (κ2) is 8.58. The first-order chi connectivity index (χ1) is 13.6. The fourth-order valence-corrected chi connectivity index (χ4v) is 4.18. The molecular weight excluding hydrogens is 400 g/mol. The van der Waals surface area contributed by atoms with E-state index in [0.717, 1.165) is 6.07 Å². The van der Waals surface area contributed by atoms with Crippen LogP contribution in [0.1, 0.15) is 27.0 Å². The minimum absolute atomic E-state index is 0.0347. The van der Waals surface area contributed by atoms with Crippen LogP contribution in [0.3, 0.4) is 0 Å². The maximum Gasteiger partial charge on any atom is 0.337 e. The molecule has 0 bridgehead atoms. The summed E-state index contributed by atoms with van der Waals surface area (Å²) >= 11 is 0. The molecular formula is C19H24N2O7S. The second-order valence-electron chi connectivity index (χ2n) is 6.23. The molecule has 4 N–H and O–H groups in total. The summed E-state index contributed by atoms with van der Waals surface area (Å²) in [6, 6.07) is 4.27. The highest BCUT2D eigenvalue weighted by molar-refractivity contribution is 7.89. The molecule has 0 aliphatic heterocycles. The van der Waals surface area contributed by atoms with E-state index in [4.69, 9.17) is 19.9 Å². The summed E-state index contributed by atoms with van der Waals surface area (Å²) in [5.74, 6) is -0.0670. The summed E-state index contributed by atoms with van der Waals surface area (Å²) in [5.41, 5.74) is 6.81. The molecule has 0 amide bonds. The van der Waals surface area contributed by atoms with Crippen molar-refractivity contribution in [1.82, 2.24) is 4.72 Å². The van der Waals surface area contributed by atoms with Crippen molar-refractivity contribution in [3.05, 3.63) is 40.5 Å². The lowest BCUT2D eigenvalue weighted by atomic mass is 10.0. The number of carboxylic acids is 1. The maximum absolute atomic E-state index is 12.9. The van der Waals surface area contributed by atoms with Crippen molar-refractivity contribution in [2.24, 2.45) is 0 Å². The minimum Gasteiger partial charge on any atom is -0.496 e. The van der Waals surface area contributed by atoms with Gasteiger partial charge in [-0.1, -0.05) is 0 Å². The van der Waals surface area contributed by atoms with Crippen LogP contribution in [-0.4, -0.2) is 40.8 Å². The molecule has 0 aliphatic carbocycles. The Balaban J connectivity index is 2.48. The lowest BCUT2D eigenvalue weighted by molar-refractivity contribution is 0.0697. The highest BCUT2D eigenvalue weighted by Gasteiger charge is 2.24. The zero-order valence-corrected chi connectivity index (χ0v) is 17.6. The monoisotopic (exact) mass is 424 g/mol. The van der Waals surface area contributed by atoms with E-state index in [2.05, 4.69) is 4.72 Å². The van der Waals surface area contributed by atoms with E-state index >= 15 is 0 Å². The number of nitrogens with two attached hydrogens (primary N) is 1. The number of nitrogens with one attached hydrogen (secondary N) is 1. The van der Waals surface area contributed by atoms with Crippen LogP contribution in [-0.2, 0) is 16.6 Å². The number of nitrogen functional groups attached to an aromatic ring is 1. The van der Waals surface area contributed by atoms with Gasteiger partial charge in [0.2, 0.25) is 10.0 Å². The fourth-order valence-electron chi connectivity index (χ4n) is 2.86. The highest BCUT2D eigenvalue weighted by atomic mass is 32.2. The Kier molecular flexibility index (Phi) is 6.60. The van der Waals surface area contributed by atoms with E-state index in [1.165, 1.54) is 21.3 Å². The van der Waals surface area contributed by atoms with Gasteiger partial charge >= 0.3 is 5.97 Å². The number of ether oxygens (including phenoxy) is 3. The summed E-state index contributed by atoms with van der Waals surface area (Å²) < 4.78 is 44.2. The first-order valence-corrected chi connectivity index (χ1v) is 9.97. The largest absolute Gasteiger partial charge is 0.496 e. The Bertz CT molecular complexity index is 1020. The van der Waals surface area contributed by atoms with Crippen LogP contribution in [0.2, 0.25) is 0 Å². The fraction of sp³-hybridized carbons (Fsp3) is 0.316. The number of sulfonamides is 1. The topological polar surface area (TPSA) is 137 Å². The third-order valence-electron chi connectivity index (χ3n) is 4.68. The van der Waals surface area contributed by atoms with Crippen molar-refractivity contribution in [2.45, 2.75) is 25.3 Å². The van der Waals surface area contributed by atoms with Crippen LogP contribution < -0.4 is 24.7 Å². The van der Waals surface area contributed by atoms with Crippen molar-refractivity contribution in [2.75, 3.05) is 27.1 Å². The molecule has 0 aromatic heterocycles. The van der Waals surface area contributed by atoms with Crippen molar-refractivity contribution in [1.29, 1.82) is 0 Å². The van der Waals surface area contributed by atoms with Gasteiger partial charge in [-0.05, 0) is 31.0 Å². The van der Waals surface area contributed by atoms with Crippen molar-refractivity contribution in [3.8, 4) is 17.2 Å². The molecule has 0 aliphatic rings. The van der Waals surface area contributed by atoms with E-state index in [9.17, 15) is 18.3 Å². The van der Waals surface area contributed by atoms with Gasteiger partial charge in [-0.2, -0.15) is 0 Å². The summed E-state index contributed by atoms with van der Waals surface area (Å²) in [5, 5.41) is 9.32. The molecule has 10 heteroatoms. The number of benzene rings is 2. The molecule has 0 saturated heterocycles. The average Bonchev–Trinajstić information content (AvgIpc) is 2.69. The third kappa shape index (κ3) is 4.38. The van der Waals surface area contributed by atoms with E-state index in [0.29, 0.717) is 33.9 Å². The Morgan fingerprint density at radius 3 is 2.03 bits per heavy atom. The molecule has 0 atom stereocenters. The number of rotatable bonds is 8. The molecule has 0 unspecified atom stereocenters. The van der Waals surface area contributed by atoms with Gasteiger partial charge in [0, 0.05) is 24.4 Å². The number of methoxy groups -OCH3 is 3. The molecule has 0 saturated carbocycles. The van der Waals surface area contributed by atoms with Crippen LogP contribution in [0.5, 0.6) is 17.2 Å². The van der Waals surface area contributed by atoms with E-state index in [1.54, 1.807) is 26.0 Å². The van der Waals surface area contributed by atoms with Gasteiger partial charge in [-0.25, -0.2) is 17.9 Å². The lowest BCUT2D eigenvalue weighted by Gasteiger charge is -2.17. The van der Waals surface area contributed by atoms with Crippen molar-refractivity contribution < 1.29 is 32.5 Å². The quantitative estimate of drug-likeness (QED) is 0.548. The third-order valence-corrected chi connectivity index (χ3v) is 6.21. The van der Waals surface area contributed by atoms with E-state index < -0.39 is 16.0 Å². The predicted octanol–water partition coefficient (Wildman–Crippen LogP) is 2.09. The number of carboxylic acid groups (broad SMARTS) is 1. The number of aromatic carboxylic acids is 1. The summed E-state index contributed by atoms with van der Waals surface area (Å²) in [6.07, 6.45) is 0. The summed E-state index contributed by atoms with van der Waals surface area (Å²) in [6.45, 7) is 3.00. The van der Waals surface area contributed by atoms with Crippen LogP contribution >= 0.6 is 0 Å². The SMILES string of the molecule is COc1cc(OC)c(CNS(=O)(=O)c2cc(C(=O)O)c(N)c(C)c2C)c(OC)c1. The summed E-state index contributed by atoms with van der Waals surface area (Å²) in [4.78, 5) is 11.3. The van der Waals surface area contributed by atoms with Gasteiger partial charge in [0.1, 0.15) is 17.2 Å². The molecule has 0 radical (unpaired) electrons. The van der Waals surface area contributed by atoms with Crippen LogP contribution in [0.15, 0.2) is 23.1 Å². The number of hydrogen-bond donors (Lipinski definition) is 3. The van der Waals surface area contributed by atoms with Gasteiger partial charge in [-0.3, -0.25) is 0 Å². The predicted molar refractivity (Wildman–Crippen MR) is 107 cm³/mol. The smallest absolute Gasteiger partial charge is 0.337 e. The standard InChI is InChI=1S/C19H24N2O7S/c1-10-11(2)18(20)13(19(22)23)8-17(10)29(24,25)21-9-14-15(27-4)6-12(26-3)7-16(14)28-5/h6-8,21H,9,20H2,1-5H3,(H,22,23). The van der Waals surface area contributed by atoms with Gasteiger partial charge in [0.25, 0.3) is 0 Å². The molecule has 2 aromatic carbocycles. The van der Waals surface area contributed by atoms with Crippen LogP contribution in [0, 0.1) is 13.8 Å². The van der Waals surface area contributed by atoms with Crippen molar-refractivity contribution in [3.63, 3.8) is 0 Å². The normalized spacial score (nSPS) is 11.2. The first kappa shape index (κ1) is 22.3. The first-order valence-electron chi connectivity index (χ1n) is 8.48. The Morgan fingerprint density at radius 1 is 1.03 bits per heavy atom. The molecule has 0 heterocycles. The van der Waals surface area contributed by atoms with Gasteiger partial charge < -0.3 is 25.1 Å². The Hall–Kier alpha value is -2.98. The molecule has 158 valence electrons. The van der Waals surface area contributed by atoms with Crippen molar-refractivity contribution >= 4 is 21.7 Å². The number of carbonyl (C=O) groups is 1. The maximum atomic E-state index is 12.9. The Labute approximate surface area is 169 Å². The van der Waals surface area contributed by atoms with Gasteiger partial charge in [0.05, 0.1) is 37.4 Å². The average molecular weight is 424 g/mol. The summed E-state index contributed by atoms with van der Waals surface area (Å²) in [7, 11) is 0.314. The second-order valence-corrected chi connectivity index (χ2v) is 7.96. The zero-order valence-electron chi connectivity index (χ0n) is 16.8. The molecule has 9 nitrogen and oxygen atoms in total. The molecule has 2 rings (SSSR count). The zero-order chi connectivity index (χ0) is 21.9. The molecule has 29 heavy (non-hydrogen) atoms. The van der Waals surface area contributed by atoms with Gasteiger partial charge in [0.15, 0.2) is 0 Å². The Morgan fingerprint density at radius 2 is 1.59 bits per heavy atom. The van der Waals surface area contributed by atoms with E-state index in [-0.39, 0.29) is 22.7 Å². The molecule has 0 spiro atoms. The molecule has 2 aromatic rings. The number of anilines is 1. The van der Waals surface area contributed by atoms with Crippen LogP contribution in [0.4, 0.5) is 5.69 Å².